The van der Waals surface area contributed by atoms with Crippen LogP contribution in [0.2, 0.25) is 0 Å². The Balaban J connectivity index is 0. The summed E-state index contributed by atoms with van der Waals surface area (Å²) in [5.41, 5.74) is 0. The summed E-state index contributed by atoms with van der Waals surface area (Å²) in [5.74, 6) is -0.614. The molecule has 0 unspecified atom stereocenters. The van der Waals surface area contributed by atoms with Gasteiger partial charge >= 0.3 is 11.9 Å². The molecule has 0 saturated heterocycles. The number of esters is 2. The lowest BCUT2D eigenvalue weighted by Gasteiger charge is -2.03. The van der Waals surface area contributed by atoms with Crippen molar-refractivity contribution >= 4 is 11.9 Å². The fourth-order valence-electron chi connectivity index (χ4n) is 3.11. The highest BCUT2D eigenvalue weighted by Gasteiger charge is 1.96. The molecule has 0 aliphatic heterocycles. The van der Waals surface area contributed by atoms with Crippen molar-refractivity contribution in [3.8, 4) is 0 Å². The fraction of sp³-hybridized carbons (Fsp3) is 0.778. The van der Waals surface area contributed by atoms with Crippen LogP contribution in [0.4, 0.5) is 0 Å². The van der Waals surface area contributed by atoms with Crippen LogP contribution in [0.5, 0.6) is 0 Å². The molecular formula is C27H50O4. The van der Waals surface area contributed by atoms with Crippen LogP contribution in [-0.4, -0.2) is 25.2 Å². The minimum atomic E-state index is -0.309. The van der Waals surface area contributed by atoms with Gasteiger partial charge in [0.2, 0.25) is 0 Å². The molecule has 0 N–H and O–H groups in total. The van der Waals surface area contributed by atoms with E-state index in [9.17, 15) is 9.59 Å². The van der Waals surface area contributed by atoms with Crippen molar-refractivity contribution in [2.75, 3.05) is 13.2 Å². The smallest absolute Gasteiger partial charge is 0.330 e. The van der Waals surface area contributed by atoms with Gasteiger partial charge in [-0.25, -0.2) is 9.59 Å². The molecule has 0 radical (unpaired) electrons. The first-order chi connectivity index (χ1) is 15.1. The zero-order valence-corrected chi connectivity index (χ0v) is 20.6. The van der Waals surface area contributed by atoms with Crippen molar-refractivity contribution in [1.82, 2.24) is 0 Å². The van der Waals surface area contributed by atoms with Gasteiger partial charge in [0.15, 0.2) is 0 Å². The number of hydrogen-bond acceptors (Lipinski definition) is 4. The van der Waals surface area contributed by atoms with Gasteiger partial charge in [0.25, 0.3) is 0 Å². The maximum absolute atomic E-state index is 10.7. The van der Waals surface area contributed by atoms with Crippen molar-refractivity contribution in [3.63, 3.8) is 0 Å². The van der Waals surface area contributed by atoms with Gasteiger partial charge in [-0.1, -0.05) is 123 Å². The number of carbonyl (C=O) groups excluding carboxylic acids is 2. The Labute approximate surface area is 192 Å². The van der Waals surface area contributed by atoms with E-state index >= 15 is 0 Å². The van der Waals surface area contributed by atoms with Crippen molar-refractivity contribution in [2.24, 2.45) is 0 Å². The van der Waals surface area contributed by atoms with E-state index in [1.807, 2.05) is 0 Å². The van der Waals surface area contributed by atoms with E-state index < -0.39 is 0 Å². The van der Waals surface area contributed by atoms with E-state index in [0.717, 1.165) is 19.3 Å². The van der Waals surface area contributed by atoms with E-state index in [4.69, 9.17) is 9.47 Å². The molecule has 0 saturated carbocycles. The molecule has 0 aromatic heterocycles. The summed E-state index contributed by atoms with van der Waals surface area (Å²) in [4.78, 5) is 21.4. The van der Waals surface area contributed by atoms with Gasteiger partial charge in [-0.15, -0.1) is 0 Å². The highest BCUT2D eigenvalue weighted by atomic mass is 16.5. The zero-order chi connectivity index (χ0) is 23.4. The Kier molecular flexibility index (Phi) is 29.0. The van der Waals surface area contributed by atoms with Gasteiger partial charge in [0.1, 0.15) is 0 Å². The molecule has 0 aromatic carbocycles. The monoisotopic (exact) mass is 438 g/mol. The molecule has 0 fully saturated rings. The lowest BCUT2D eigenvalue weighted by Crippen LogP contribution is -2.01. The Morgan fingerprint density at radius 3 is 1.03 bits per heavy atom. The maximum Gasteiger partial charge on any atom is 0.330 e. The highest BCUT2D eigenvalue weighted by molar-refractivity contribution is 5.81. The first kappa shape index (κ1) is 31.6. The van der Waals surface area contributed by atoms with Gasteiger partial charge in [-0.3, -0.25) is 0 Å². The Morgan fingerprint density at radius 2 is 0.774 bits per heavy atom. The first-order valence-corrected chi connectivity index (χ1v) is 12.7. The summed E-state index contributed by atoms with van der Waals surface area (Å²) in [6, 6.07) is 0. The van der Waals surface area contributed by atoms with Crippen molar-refractivity contribution < 1.29 is 19.1 Å². The van der Waals surface area contributed by atoms with Crippen LogP contribution in [0, 0.1) is 0 Å². The molecule has 0 rings (SSSR count). The molecule has 182 valence electrons. The lowest BCUT2D eigenvalue weighted by molar-refractivity contribution is -0.138. The van der Waals surface area contributed by atoms with Crippen LogP contribution in [0.15, 0.2) is 25.3 Å². The fourth-order valence-corrected chi connectivity index (χ4v) is 3.11. The van der Waals surface area contributed by atoms with Gasteiger partial charge < -0.3 is 9.47 Å². The van der Waals surface area contributed by atoms with Crippen LogP contribution in [0.3, 0.4) is 0 Å². The summed E-state index contributed by atoms with van der Waals surface area (Å²) < 4.78 is 9.77. The SMILES string of the molecule is C=CC(=O)OCCCCCCCCC.C=CC(=O)OCCCCCCCCCCCC. The van der Waals surface area contributed by atoms with Crippen molar-refractivity contribution in [2.45, 2.75) is 123 Å². The lowest BCUT2D eigenvalue weighted by atomic mass is 10.1. The number of ether oxygens (including phenoxy) is 2. The van der Waals surface area contributed by atoms with Crippen LogP contribution in [0.1, 0.15) is 123 Å². The Morgan fingerprint density at radius 1 is 0.516 bits per heavy atom. The third-order valence-electron chi connectivity index (χ3n) is 5.07. The van der Waals surface area contributed by atoms with E-state index in [1.54, 1.807) is 0 Å². The predicted octanol–water partition coefficient (Wildman–Crippen LogP) is 8.10. The highest BCUT2D eigenvalue weighted by Crippen LogP contribution is 2.10. The molecule has 0 amide bonds. The Hall–Kier alpha value is -1.58. The van der Waals surface area contributed by atoms with Crippen LogP contribution in [-0.2, 0) is 19.1 Å². The maximum atomic E-state index is 10.7. The average Bonchev–Trinajstić information content (AvgIpc) is 2.79. The van der Waals surface area contributed by atoms with E-state index in [0.29, 0.717) is 13.2 Å². The molecule has 4 heteroatoms. The van der Waals surface area contributed by atoms with Gasteiger partial charge in [0.05, 0.1) is 13.2 Å². The van der Waals surface area contributed by atoms with Crippen LogP contribution in [0.25, 0.3) is 0 Å². The topological polar surface area (TPSA) is 52.6 Å². The second kappa shape index (κ2) is 28.4. The third kappa shape index (κ3) is 30.7. The van der Waals surface area contributed by atoms with Gasteiger partial charge in [0, 0.05) is 12.2 Å². The molecular weight excluding hydrogens is 388 g/mol. The minimum Gasteiger partial charge on any atom is -0.463 e. The van der Waals surface area contributed by atoms with Gasteiger partial charge in [-0.05, 0) is 12.8 Å². The summed E-state index contributed by atoms with van der Waals surface area (Å²) in [6.45, 7) is 12.2. The number of carbonyl (C=O) groups is 2. The minimum absolute atomic E-state index is 0.305. The quantitative estimate of drug-likeness (QED) is 0.103. The standard InChI is InChI=1S/C15H28O2.C12H22O2/c1-3-5-6-7-8-9-10-11-12-13-14-17-15(16)4-2;1-3-5-6-7-8-9-10-11-14-12(13)4-2/h4H,2-3,5-14H2,1H3;4H,2-3,5-11H2,1H3. The largest absolute Gasteiger partial charge is 0.463 e. The van der Waals surface area contributed by atoms with Crippen LogP contribution < -0.4 is 0 Å². The zero-order valence-electron chi connectivity index (χ0n) is 20.6. The number of unbranched alkanes of at least 4 members (excludes halogenated alkanes) is 15. The molecule has 0 atom stereocenters. The summed E-state index contributed by atoms with van der Waals surface area (Å²) in [5, 5.41) is 0. The molecule has 0 aromatic rings. The first-order valence-electron chi connectivity index (χ1n) is 12.7. The predicted molar refractivity (Wildman–Crippen MR) is 132 cm³/mol. The number of hydrogen-bond donors (Lipinski definition) is 0. The average molecular weight is 439 g/mol. The molecule has 0 aliphatic carbocycles. The van der Waals surface area contributed by atoms with E-state index in [1.165, 1.54) is 102 Å². The molecule has 0 bridgehead atoms. The Bertz CT molecular complexity index is 417. The second-order valence-corrected chi connectivity index (χ2v) is 8.05. The van der Waals surface area contributed by atoms with E-state index in [2.05, 4.69) is 27.0 Å². The third-order valence-corrected chi connectivity index (χ3v) is 5.07. The normalized spacial score (nSPS) is 10.0. The summed E-state index contributed by atoms with van der Waals surface area (Å²) in [6.07, 6.45) is 24.1. The molecule has 0 heterocycles. The molecule has 4 nitrogen and oxygen atoms in total. The molecule has 0 spiro atoms. The molecule has 0 aliphatic rings. The van der Waals surface area contributed by atoms with Crippen molar-refractivity contribution in [1.29, 1.82) is 0 Å². The van der Waals surface area contributed by atoms with Crippen LogP contribution >= 0.6 is 0 Å². The summed E-state index contributed by atoms with van der Waals surface area (Å²) in [7, 11) is 0. The summed E-state index contributed by atoms with van der Waals surface area (Å²) >= 11 is 0. The van der Waals surface area contributed by atoms with E-state index in [-0.39, 0.29) is 11.9 Å². The number of rotatable bonds is 21. The second-order valence-electron chi connectivity index (χ2n) is 8.05. The van der Waals surface area contributed by atoms with Gasteiger partial charge in [-0.2, -0.15) is 0 Å². The molecule has 31 heavy (non-hydrogen) atoms. The van der Waals surface area contributed by atoms with Crippen molar-refractivity contribution in [3.05, 3.63) is 25.3 Å².